The summed E-state index contributed by atoms with van der Waals surface area (Å²) in [4.78, 5) is 27.1. The Bertz CT molecular complexity index is 999. The molecular weight excluding hydrogens is 425 g/mol. The molecule has 2 aromatic carbocycles. The van der Waals surface area contributed by atoms with E-state index in [0.717, 1.165) is 16.7 Å². The van der Waals surface area contributed by atoms with Gasteiger partial charge in [0, 0.05) is 18.7 Å². The van der Waals surface area contributed by atoms with Gasteiger partial charge >= 0.3 is 18.2 Å². The molecule has 0 saturated carbocycles. The van der Waals surface area contributed by atoms with Crippen molar-refractivity contribution in [1.29, 1.82) is 0 Å². The van der Waals surface area contributed by atoms with Gasteiger partial charge < -0.3 is 19.6 Å². The summed E-state index contributed by atoms with van der Waals surface area (Å²) in [7, 11) is 0. The predicted molar refractivity (Wildman–Crippen MR) is 110 cm³/mol. The number of hydrogen-bond donors (Lipinski definition) is 1. The Hall–Kier alpha value is -3.23. The van der Waals surface area contributed by atoms with Gasteiger partial charge in [-0.3, -0.25) is 0 Å². The summed E-state index contributed by atoms with van der Waals surface area (Å²) >= 11 is 0. The summed E-state index contributed by atoms with van der Waals surface area (Å²) in [5, 5.41) is 9.06. The lowest BCUT2D eigenvalue weighted by molar-refractivity contribution is -0.183. The van der Waals surface area contributed by atoms with E-state index in [9.17, 15) is 22.8 Å². The van der Waals surface area contributed by atoms with Gasteiger partial charge in [0.05, 0.1) is 24.6 Å². The zero-order valence-corrected chi connectivity index (χ0v) is 17.3. The zero-order valence-electron chi connectivity index (χ0n) is 17.3. The number of halogens is 3. The number of nitrogens with zero attached hydrogens (tertiary/aromatic N) is 2. The van der Waals surface area contributed by atoms with Crippen LogP contribution in [-0.2, 0) is 6.54 Å². The molecule has 2 aliphatic heterocycles. The lowest BCUT2D eigenvalue weighted by Crippen LogP contribution is -2.48. The summed E-state index contributed by atoms with van der Waals surface area (Å²) in [6.07, 6.45) is -4.37. The van der Waals surface area contributed by atoms with E-state index in [2.05, 4.69) is 0 Å². The summed E-state index contributed by atoms with van der Waals surface area (Å²) in [6.45, 7) is 1.10. The Balaban J connectivity index is 1.48. The van der Waals surface area contributed by atoms with Gasteiger partial charge in [-0.05, 0) is 48.2 Å². The molecular formula is C23H23F3N2O4. The number of carboxylic acids is 1. The number of piperidine rings is 1. The first kappa shape index (κ1) is 22.0. The highest BCUT2D eigenvalue weighted by Crippen LogP contribution is 2.35. The molecule has 4 rings (SSSR count). The highest BCUT2D eigenvalue weighted by molar-refractivity contribution is 5.88. The zero-order chi connectivity index (χ0) is 22.9. The van der Waals surface area contributed by atoms with Crippen molar-refractivity contribution in [2.24, 2.45) is 5.92 Å². The van der Waals surface area contributed by atoms with Crippen LogP contribution in [0.2, 0.25) is 0 Å². The number of carbonyl (C=O) groups excluding carboxylic acids is 1. The van der Waals surface area contributed by atoms with Gasteiger partial charge in [-0.1, -0.05) is 18.2 Å². The molecule has 9 heteroatoms. The van der Waals surface area contributed by atoms with Gasteiger partial charge in [0.15, 0.2) is 0 Å². The average molecular weight is 448 g/mol. The molecule has 2 aromatic rings. The monoisotopic (exact) mass is 448 g/mol. The normalized spacial score (nSPS) is 17.3. The lowest BCUT2D eigenvalue weighted by Gasteiger charge is -2.35. The molecule has 0 spiro atoms. The second kappa shape index (κ2) is 8.72. The second-order valence-electron chi connectivity index (χ2n) is 8.06. The van der Waals surface area contributed by atoms with Crippen molar-refractivity contribution in [3.8, 4) is 16.9 Å². The third kappa shape index (κ3) is 4.66. The fourth-order valence-electron chi connectivity index (χ4n) is 4.14. The number of rotatable bonds is 2. The maximum atomic E-state index is 13.0. The number of fused-ring (bicyclic) bond motifs is 1. The van der Waals surface area contributed by atoms with Crippen LogP contribution in [0.3, 0.4) is 0 Å². The van der Waals surface area contributed by atoms with Crippen LogP contribution < -0.4 is 4.74 Å². The topological polar surface area (TPSA) is 70.1 Å². The van der Waals surface area contributed by atoms with Crippen molar-refractivity contribution < 1.29 is 32.6 Å². The SMILES string of the molecule is O=C(O)c1ccc(-c2ccc3c(c2)CN(C(=O)N2CCC(C(F)(F)F)CC2)CCO3)cc1. The summed E-state index contributed by atoms with van der Waals surface area (Å²) in [5.41, 5.74) is 2.66. The fraction of sp³-hybridized carbons (Fsp3) is 0.391. The quantitative estimate of drug-likeness (QED) is 0.727. The van der Waals surface area contributed by atoms with E-state index in [1.165, 1.54) is 17.0 Å². The highest BCUT2D eigenvalue weighted by Gasteiger charge is 2.42. The number of ether oxygens (including phenoxy) is 1. The molecule has 0 aliphatic carbocycles. The Morgan fingerprint density at radius 2 is 1.59 bits per heavy atom. The minimum atomic E-state index is -4.22. The molecule has 170 valence electrons. The Kier molecular flexibility index (Phi) is 5.99. The lowest BCUT2D eigenvalue weighted by atomic mass is 9.96. The van der Waals surface area contributed by atoms with Crippen molar-refractivity contribution in [2.75, 3.05) is 26.2 Å². The van der Waals surface area contributed by atoms with Crippen LogP contribution in [0.15, 0.2) is 42.5 Å². The number of benzene rings is 2. The molecule has 2 heterocycles. The number of carboxylic acid groups (broad SMARTS) is 1. The van der Waals surface area contributed by atoms with E-state index in [1.807, 2.05) is 18.2 Å². The first-order valence-electron chi connectivity index (χ1n) is 10.4. The Morgan fingerprint density at radius 1 is 0.938 bits per heavy atom. The molecule has 0 unspecified atom stereocenters. The van der Waals surface area contributed by atoms with Crippen molar-refractivity contribution >= 4 is 12.0 Å². The molecule has 0 radical (unpaired) electrons. The van der Waals surface area contributed by atoms with E-state index in [0.29, 0.717) is 18.9 Å². The second-order valence-corrected chi connectivity index (χ2v) is 8.06. The van der Waals surface area contributed by atoms with Gasteiger partial charge in [0.1, 0.15) is 12.4 Å². The molecule has 1 N–H and O–H groups in total. The van der Waals surface area contributed by atoms with Crippen molar-refractivity contribution in [1.82, 2.24) is 9.80 Å². The van der Waals surface area contributed by atoms with Gasteiger partial charge in [-0.2, -0.15) is 13.2 Å². The number of urea groups is 1. The van der Waals surface area contributed by atoms with Crippen LogP contribution in [-0.4, -0.2) is 59.3 Å². The van der Waals surface area contributed by atoms with Crippen molar-refractivity contribution in [2.45, 2.75) is 25.6 Å². The van der Waals surface area contributed by atoms with E-state index >= 15 is 0 Å². The first-order chi connectivity index (χ1) is 15.2. The van der Waals surface area contributed by atoms with Crippen LogP contribution in [0.4, 0.5) is 18.0 Å². The van der Waals surface area contributed by atoms with Crippen LogP contribution >= 0.6 is 0 Å². The predicted octanol–water partition coefficient (Wildman–Crippen LogP) is 4.64. The molecule has 32 heavy (non-hydrogen) atoms. The summed E-state index contributed by atoms with van der Waals surface area (Å²) < 4.78 is 44.5. The minimum Gasteiger partial charge on any atom is -0.491 e. The maximum Gasteiger partial charge on any atom is 0.391 e. The largest absolute Gasteiger partial charge is 0.491 e. The van der Waals surface area contributed by atoms with E-state index in [4.69, 9.17) is 9.84 Å². The number of amides is 2. The summed E-state index contributed by atoms with van der Waals surface area (Å²) in [6, 6.07) is 11.8. The third-order valence-corrected chi connectivity index (χ3v) is 6.00. The van der Waals surface area contributed by atoms with Gasteiger partial charge in [0.25, 0.3) is 0 Å². The third-order valence-electron chi connectivity index (χ3n) is 6.00. The minimum absolute atomic E-state index is 0.0767. The molecule has 1 fully saturated rings. The van der Waals surface area contributed by atoms with Crippen molar-refractivity contribution in [3.05, 3.63) is 53.6 Å². The number of carbonyl (C=O) groups is 2. The number of alkyl halides is 3. The molecule has 0 aromatic heterocycles. The first-order valence-corrected chi connectivity index (χ1v) is 10.4. The smallest absolute Gasteiger partial charge is 0.391 e. The van der Waals surface area contributed by atoms with Crippen LogP contribution in [0.5, 0.6) is 5.75 Å². The standard InChI is InChI=1S/C23H23F3N2O4/c24-23(25,26)19-7-9-27(10-8-19)22(31)28-11-12-32-20-6-5-17(13-18(20)14-28)15-1-3-16(4-2-15)21(29)30/h1-6,13,19H,7-12,14H2,(H,29,30). The molecule has 0 atom stereocenters. The molecule has 1 saturated heterocycles. The fourth-order valence-corrected chi connectivity index (χ4v) is 4.14. The molecule has 2 amide bonds. The van der Waals surface area contributed by atoms with Crippen LogP contribution in [0, 0.1) is 5.92 Å². The van der Waals surface area contributed by atoms with E-state index < -0.39 is 18.1 Å². The van der Waals surface area contributed by atoms with Gasteiger partial charge in [-0.25, -0.2) is 9.59 Å². The highest BCUT2D eigenvalue weighted by atomic mass is 19.4. The van der Waals surface area contributed by atoms with E-state index in [1.54, 1.807) is 17.0 Å². The van der Waals surface area contributed by atoms with Crippen LogP contribution in [0.1, 0.15) is 28.8 Å². The van der Waals surface area contributed by atoms with Gasteiger partial charge in [-0.15, -0.1) is 0 Å². The van der Waals surface area contributed by atoms with E-state index in [-0.39, 0.29) is 44.1 Å². The Labute approximate surface area is 183 Å². The van der Waals surface area contributed by atoms with Gasteiger partial charge in [0.2, 0.25) is 0 Å². The number of hydrogen-bond acceptors (Lipinski definition) is 3. The molecule has 0 bridgehead atoms. The molecule has 2 aliphatic rings. The summed E-state index contributed by atoms with van der Waals surface area (Å²) in [5.74, 6) is -1.70. The average Bonchev–Trinajstić information content (AvgIpc) is 3.00. The van der Waals surface area contributed by atoms with Crippen LogP contribution in [0.25, 0.3) is 11.1 Å². The maximum absolute atomic E-state index is 13.0. The molecule has 6 nitrogen and oxygen atoms in total. The Morgan fingerprint density at radius 3 is 2.22 bits per heavy atom. The van der Waals surface area contributed by atoms with Crippen molar-refractivity contribution in [3.63, 3.8) is 0 Å². The number of likely N-dealkylation sites (tertiary alicyclic amines) is 1. The number of aromatic carboxylic acids is 1.